The van der Waals surface area contributed by atoms with E-state index in [1.54, 1.807) is 18.2 Å². The zero-order valence-electron chi connectivity index (χ0n) is 18.2. The van der Waals surface area contributed by atoms with E-state index in [0.29, 0.717) is 17.2 Å². The van der Waals surface area contributed by atoms with Crippen LogP contribution in [0, 0.1) is 6.92 Å². The average Bonchev–Trinajstić information content (AvgIpc) is 3.00. The van der Waals surface area contributed by atoms with Gasteiger partial charge in [0, 0.05) is 18.3 Å². The monoisotopic (exact) mass is 419 g/mol. The Kier molecular flexibility index (Phi) is 6.18. The number of fused-ring (bicyclic) bond motifs is 1. The summed E-state index contributed by atoms with van der Waals surface area (Å²) >= 11 is 0. The molecule has 1 saturated carbocycles. The highest BCUT2D eigenvalue weighted by Gasteiger charge is 2.36. The van der Waals surface area contributed by atoms with Crippen molar-refractivity contribution >= 4 is 23.4 Å². The fourth-order valence-corrected chi connectivity index (χ4v) is 4.58. The normalized spacial score (nSPS) is 16.7. The maximum atomic E-state index is 12.7. The number of carbonyl (C=O) groups is 3. The molecule has 0 spiro atoms. The minimum Gasteiger partial charge on any atom is -0.324 e. The zero-order valence-corrected chi connectivity index (χ0v) is 18.2. The van der Waals surface area contributed by atoms with Gasteiger partial charge in [0.05, 0.1) is 11.1 Å². The lowest BCUT2D eigenvalue weighted by molar-refractivity contribution is -0.116. The van der Waals surface area contributed by atoms with Crippen molar-refractivity contribution in [3.63, 3.8) is 0 Å². The number of amides is 3. The van der Waals surface area contributed by atoms with Gasteiger partial charge in [0.25, 0.3) is 11.8 Å². The van der Waals surface area contributed by atoms with Crippen molar-refractivity contribution in [3.05, 3.63) is 64.7 Å². The van der Waals surface area contributed by atoms with E-state index in [-0.39, 0.29) is 12.5 Å². The number of benzene rings is 2. The van der Waals surface area contributed by atoms with Gasteiger partial charge in [-0.1, -0.05) is 49.1 Å². The van der Waals surface area contributed by atoms with Crippen LogP contribution in [0.2, 0.25) is 0 Å². The van der Waals surface area contributed by atoms with Crippen LogP contribution >= 0.6 is 0 Å². The third-order valence-corrected chi connectivity index (χ3v) is 6.34. The molecule has 0 radical (unpaired) electrons. The second kappa shape index (κ2) is 9.02. The van der Waals surface area contributed by atoms with Crippen molar-refractivity contribution in [3.8, 4) is 0 Å². The Labute approximate surface area is 183 Å². The van der Waals surface area contributed by atoms with Gasteiger partial charge in [0.2, 0.25) is 5.91 Å². The van der Waals surface area contributed by atoms with Gasteiger partial charge in [-0.25, -0.2) is 0 Å². The number of anilines is 1. The number of nitrogens with one attached hydrogen (secondary N) is 1. The summed E-state index contributed by atoms with van der Waals surface area (Å²) in [7, 11) is 2.13. The first-order valence-corrected chi connectivity index (χ1v) is 11.0. The van der Waals surface area contributed by atoms with Crippen molar-refractivity contribution in [2.75, 3.05) is 18.9 Å². The predicted octanol–water partition coefficient (Wildman–Crippen LogP) is 3.99. The Hall–Kier alpha value is -2.99. The quantitative estimate of drug-likeness (QED) is 0.719. The molecule has 1 fully saturated rings. The van der Waals surface area contributed by atoms with Gasteiger partial charge in [-0.2, -0.15) is 0 Å². The van der Waals surface area contributed by atoms with Gasteiger partial charge in [0.15, 0.2) is 0 Å². The molecule has 0 unspecified atom stereocenters. The van der Waals surface area contributed by atoms with Gasteiger partial charge in [-0.05, 0) is 50.6 Å². The van der Waals surface area contributed by atoms with Gasteiger partial charge >= 0.3 is 0 Å². The smallest absolute Gasteiger partial charge is 0.262 e. The third kappa shape index (κ3) is 4.54. The molecule has 1 aliphatic heterocycles. The van der Waals surface area contributed by atoms with E-state index in [1.165, 1.54) is 32.1 Å². The molecule has 0 atom stereocenters. The fourth-order valence-electron chi connectivity index (χ4n) is 4.58. The lowest BCUT2D eigenvalue weighted by Gasteiger charge is -2.31. The number of imide groups is 1. The van der Waals surface area contributed by atoms with Crippen LogP contribution in [0.15, 0.2) is 42.5 Å². The van der Waals surface area contributed by atoms with Gasteiger partial charge < -0.3 is 5.32 Å². The summed E-state index contributed by atoms with van der Waals surface area (Å²) in [5.41, 5.74) is 3.39. The number of para-hydroxylation sites is 1. The van der Waals surface area contributed by atoms with E-state index in [4.69, 9.17) is 0 Å². The summed E-state index contributed by atoms with van der Waals surface area (Å²) in [6, 6.07) is 13.4. The van der Waals surface area contributed by atoms with Gasteiger partial charge in [-0.15, -0.1) is 0 Å². The van der Waals surface area contributed by atoms with E-state index in [2.05, 4.69) is 17.3 Å². The van der Waals surface area contributed by atoms with Crippen LogP contribution in [0.1, 0.15) is 63.9 Å². The molecule has 1 aliphatic carbocycles. The van der Waals surface area contributed by atoms with E-state index in [0.717, 1.165) is 28.3 Å². The van der Waals surface area contributed by atoms with Crippen molar-refractivity contribution in [2.24, 2.45) is 0 Å². The van der Waals surface area contributed by atoms with Crippen molar-refractivity contribution in [2.45, 2.75) is 51.6 Å². The SMILES string of the molecule is Cc1ccc2c(c1)C(=O)N(CC(=O)Nc1ccccc1CN(C)C1CCCCC1)C2=O. The lowest BCUT2D eigenvalue weighted by Crippen LogP contribution is -2.37. The number of aryl methyl sites for hydroxylation is 1. The fraction of sp³-hybridized carbons (Fsp3) is 0.400. The zero-order chi connectivity index (χ0) is 22.0. The largest absolute Gasteiger partial charge is 0.324 e. The van der Waals surface area contributed by atoms with Gasteiger partial charge in [-0.3, -0.25) is 24.2 Å². The molecule has 0 bridgehead atoms. The topological polar surface area (TPSA) is 69.7 Å². The number of rotatable bonds is 6. The lowest BCUT2D eigenvalue weighted by atomic mass is 9.94. The summed E-state index contributed by atoms with van der Waals surface area (Å²) in [6.07, 6.45) is 6.28. The molecular weight excluding hydrogens is 390 g/mol. The van der Waals surface area contributed by atoms with E-state index in [1.807, 2.05) is 31.2 Å². The average molecular weight is 420 g/mol. The summed E-state index contributed by atoms with van der Waals surface area (Å²) in [5, 5.41) is 2.91. The summed E-state index contributed by atoms with van der Waals surface area (Å²) < 4.78 is 0. The highest BCUT2D eigenvalue weighted by Crippen LogP contribution is 2.26. The number of carbonyl (C=O) groups excluding carboxylic acids is 3. The maximum absolute atomic E-state index is 12.7. The summed E-state index contributed by atoms with van der Waals surface area (Å²) in [4.78, 5) is 41.4. The van der Waals surface area contributed by atoms with Crippen LogP contribution in [0.25, 0.3) is 0 Å². The van der Waals surface area contributed by atoms with Gasteiger partial charge in [0.1, 0.15) is 6.54 Å². The van der Waals surface area contributed by atoms with Crippen LogP contribution in [-0.2, 0) is 11.3 Å². The van der Waals surface area contributed by atoms with Crippen LogP contribution in [0.4, 0.5) is 5.69 Å². The van der Waals surface area contributed by atoms with Crippen molar-refractivity contribution in [1.29, 1.82) is 0 Å². The molecule has 31 heavy (non-hydrogen) atoms. The Morgan fingerprint density at radius 1 is 1.03 bits per heavy atom. The Morgan fingerprint density at radius 2 is 1.74 bits per heavy atom. The van der Waals surface area contributed by atoms with Crippen molar-refractivity contribution in [1.82, 2.24) is 9.80 Å². The molecule has 162 valence electrons. The van der Waals surface area contributed by atoms with Crippen LogP contribution in [-0.4, -0.2) is 47.2 Å². The standard InChI is InChI=1S/C25H29N3O3/c1-17-12-13-20-21(14-17)25(31)28(24(20)30)16-23(29)26-22-11-7-6-8-18(22)15-27(2)19-9-4-3-5-10-19/h6-8,11-14,19H,3-5,9-10,15-16H2,1-2H3,(H,26,29). The first-order chi connectivity index (χ1) is 14.9. The molecule has 4 rings (SSSR count). The molecule has 0 aromatic heterocycles. The second-order valence-corrected chi connectivity index (χ2v) is 8.66. The molecule has 1 N–H and O–H groups in total. The highest BCUT2D eigenvalue weighted by atomic mass is 16.2. The van der Waals surface area contributed by atoms with E-state index >= 15 is 0 Å². The minimum atomic E-state index is -0.416. The van der Waals surface area contributed by atoms with Crippen LogP contribution in [0.5, 0.6) is 0 Å². The molecule has 0 saturated heterocycles. The Bertz CT molecular complexity index is 1010. The summed E-state index contributed by atoms with van der Waals surface area (Å²) in [6.45, 7) is 2.32. The highest BCUT2D eigenvalue weighted by molar-refractivity contribution is 6.22. The molecule has 6 heteroatoms. The number of nitrogens with zero attached hydrogens (tertiary/aromatic N) is 2. The summed E-state index contributed by atoms with van der Waals surface area (Å²) in [5.74, 6) is -1.20. The molecular formula is C25H29N3O3. The minimum absolute atomic E-state index is 0.293. The Balaban J connectivity index is 1.42. The predicted molar refractivity (Wildman–Crippen MR) is 120 cm³/mol. The first kappa shape index (κ1) is 21.2. The van der Waals surface area contributed by atoms with E-state index in [9.17, 15) is 14.4 Å². The van der Waals surface area contributed by atoms with Crippen LogP contribution in [0.3, 0.4) is 0 Å². The second-order valence-electron chi connectivity index (χ2n) is 8.66. The van der Waals surface area contributed by atoms with Crippen molar-refractivity contribution < 1.29 is 14.4 Å². The maximum Gasteiger partial charge on any atom is 0.262 e. The molecule has 1 heterocycles. The molecule has 2 aliphatic rings. The molecule has 2 aromatic rings. The number of hydrogen-bond donors (Lipinski definition) is 1. The molecule has 6 nitrogen and oxygen atoms in total. The Morgan fingerprint density at radius 3 is 2.52 bits per heavy atom. The van der Waals surface area contributed by atoms with E-state index < -0.39 is 11.8 Å². The third-order valence-electron chi connectivity index (χ3n) is 6.34. The first-order valence-electron chi connectivity index (χ1n) is 11.0. The molecule has 2 aromatic carbocycles. The number of hydrogen-bond acceptors (Lipinski definition) is 4. The van der Waals surface area contributed by atoms with Crippen LogP contribution < -0.4 is 5.32 Å². The molecule has 3 amide bonds.